The minimum absolute atomic E-state index is 0.603. The Balaban J connectivity index is 1.41. The van der Waals surface area contributed by atoms with E-state index in [9.17, 15) is 0 Å². The number of rotatable bonds is 5. The van der Waals surface area contributed by atoms with Crippen LogP contribution < -0.4 is 15.1 Å². The molecular formula is C20H22ClN5O. The van der Waals surface area contributed by atoms with Crippen molar-refractivity contribution in [2.24, 2.45) is 0 Å². The fourth-order valence-electron chi connectivity index (χ4n) is 3.21. The number of piperazine rings is 1. The van der Waals surface area contributed by atoms with E-state index in [1.165, 1.54) is 0 Å². The maximum Gasteiger partial charge on any atom is 0.227 e. The third-order valence-electron chi connectivity index (χ3n) is 4.60. The van der Waals surface area contributed by atoms with Crippen molar-refractivity contribution in [1.82, 2.24) is 9.97 Å². The van der Waals surface area contributed by atoms with Crippen LogP contribution in [-0.4, -0.2) is 36.1 Å². The minimum atomic E-state index is 0.603. The molecule has 0 bridgehead atoms. The number of nitrogens with zero attached hydrogens (tertiary/aromatic N) is 4. The van der Waals surface area contributed by atoms with Crippen molar-refractivity contribution in [1.29, 1.82) is 0 Å². The first-order chi connectivity index (χ1) is 13.2. The SMILES string of the molecule is Cc1cc(NCc2ccco2)nc(N2CCN(c3cccc(Cl)c3)CC2)n1. The van der Waals surface area contributed by atoms with E-state index in [1.807, 2.05) is 43.3 Å². The molecule has 0 amide bonds. The van der Waals surface area contributed by atoms with Crippen molar-refractivity contribution in [3.63, 3.8) is 0 Å². The summed E-state index contributed by atoms with van der Waals surface area (Å²) < 4.78 is 5.36. The van der Waals surface area contributed by atoms with E-state index >= 15 is 0 Å². The van der Waals surface area contributed by atoms with E-state index in [2.05, 4.69) is 26.2 Å². The molecule has 0 aliphatic carbocycles. The molecular weight excluding hydrogens is 362 g/mol. The minimum Gasteiger partial charge on any atom is -0.467 e. The molecule has 0 unspecified atom stereocenters. The van der Waals surface area contributed by atoms with Gasteiger partial charge in [0.1, 0.15) is 11.6 Å². The highest BCUT2D eigenvalue weighted by Gasteiger charge is 2.20. The van der Waals surface area contributed by atoms with Gasteiger partial charge in [-0.2, -0.15) is 4.98 Å². The molecule has 7 heteroatoms. The van der Waals surface area contributed by atoms with Crippen molar-refractivity contribution in [3.05, 3.63) is 65.2 Å². The number of nitrogens with one attached hydrogen (secondary N) is 1. The van der Waals surface area contributed by atoms with E-state index in [0.29, 0.717) is 6.54 Å². The quantitative estimate of drug-likeness (QED) is 0.719. The van der Waals surface area contributed by atoms with E-state index in [1.54, 1.807) is 6.26 Å². The zero-order valence-electron chi connectivity index (χ0n) is 15.2. The van der Waals surface area contributed by atoms with Crippen LogP contribution in [0.4, 0.5) is 17.5 Å². The number of halogens is 1. The van der Waals surface area contributed by atoms with Crippen LogP contribution >= 0.6 is 11.6 Å². The zero-order chi connectivity index (χ0) is 18.6. The Kier molecular flexibility index (Phi) is 5.16. The number of hydrogen-bond acceptors (Lipinski definition) is 6. The predicted molar refractivity (Wildman–Crippen MR) is 109 cm³/mol. The van der Waals surface area contributed by atoms with Crippen molar-refractivity contribution in [3.8, 4) is 0 Å². The number of aromatic nitrogens is 2. The van der Waals surface area contributed by atoms with Crippen LogP contribution in [-0.2, 0) is 6.54 Å². The fourth-order valence-corrected chi connectivity index (χ4v) is 3.40. The topological polar surface area (TPSA) is 57.4 Å². The van der Waals surface area contributed by atoms with E-state index in [0.717, 1.165) is 60.1 Å². The summed E-state index contributed by atoms with van der Waals surface area (Å²) in [6.07, 6.45) is 1.67. The molecule has 1 saturated heterocycles. The molecule has 1 aromatic carbocycles. The van der Waals surface area contributed by atoms with Gasteiger partial charge < -0.3 is 19.5 Å². The first-order valence-corrected chi connectivity index (χ1v) is 9.42. The van der Waals surface area contributed by atoms with Crippen molar-refractivity contribution in [2.45, 2.75) is 13.5 Å². The maximum atomic E-state index is 6.12. The first kappa shape index (κ1) is 17.7. The van der Waals surface area contributed by atoms with Gasteiger partial charge in [0.15, 0.2) is 0 Å². The van der Waals surface area contributed by atoms with Crippen molar-refractivity contribution >= 4 is 29.1 Å². The Morgan fingerprint density at radius 3 is 2.59 bits per heavy atom. The normalized spacial score (nSPS) is 14.4. The molecule has 140 valence electrons. The Morgan fingerprint density at radius 1 is 1.04 bits per heavy atom. The van der Waals surface area contributed by atoms with Gasteiger partial charge in [-0.15, -0.1) is 0 Å². The van der Waals surface area contributed by atoms with Gasteiger partial charge in [0.25, 0.3) is 0 Å². The molecule has 0 spiro atoms. The summed E-state index contributed by atoms with van der Waals surface area (Å²) in [4.78, 5) is 13.9. The third-order valence-corrected chi connectivity index (χ3v) is 4.84. The Bertz CT molecular complexity index is 891. The van der Waals surface area contributed by atoms with Crippen LogP contribution in [0.25, 0.3) is 0 Å². The van der Waals surface area contributed by atoms with Gasteiger partial charge in [-0.05, 0) is 37.3 Å². The lowest BCUT2D eigenvalue weighted by Crippen LogP contribution is -2.47. The largest absolute Gasteiger partial charge is 0.467 e. The second-order valence-corrected chi connectivity index (χ2v) is 7.02. The number of furan rings is 1. The highest BCUT2D eigenvalue weighted by Crippen LogP contribution is 2.22. The Labute approximate surface area is 163 Å². The highest BCUT2D eigenvalue weighted by atomic mass is 35.5. The molecule has 0 radical (unpaired) electrons. The van der Waals surface area contributed by atoms with E-state index < -0.39 is 0 Å². The van der Waals surface area contributed by atoms with Gasteiger partial charge in [0, 0.05) is 48.6 Å². The van der Waals surface area contributed by atoms with E-state index in [4.69, 9.17) is 21.0 Å². The molecule has 6 nitrogen and oxygen atoms in total. The summed E-state index contributed by atoms with van der Waals surface area (Å²) >= 11 is 6.12. The summed E-state index contributed by atoms with van der Waals surface area (Å²) in [5.74, 6) is 2.46. The number of benzene rings is 1. The molecule has 1 N–H and O–H groups in total. The van der Waals surface area contributed by atoms with Gasteiger partial charge >= 0.3 is 0 Å². The average Bonchev–Trinajstić information content (AvgIpc) is 3.20. The molecule has 3 aromatic rings. The van der Waals surface area contributed by atoms with Crippen LogP contribution in [0.5, 0.6) is 0 Å². The van der Waals surface area contributed by atoms with E-state index in [-0.39, 0.29) is 0 Å². The van der Waals surface area contributed by atoms with Gasteiger partial charge in [0.2, 0.25) is 5.95 Å². The van der Waals surface area contributed by atoms with Gasteiger partial charge in [-0.3, -0.25) is 0 Å². The lowest BCUT2D eigenvalue weighted by molar-refractivity contribution is 0.517. The molecule has 27 heavy (non-hydrogen) atoms. The lowest BCUT2D eigenvalue weighted by Gasteiger charge is -2.36. The van der Waals surface area contributed by atoms with Crippen LogP contribution in [0.15, 0.2) is 53.1 Å². The summed E-state index contributed by atoms with van der Waals surface area (Å²) in [5.41, 5.74) is 2.10. The van der Waals surface area contributed by atoms with Crippen molar-refractivity contribution in [2.75, 3.05) is 41.3 Å². The smallest absolute Gasteiger partial charge is 0.227 e. The monoisotopic (exact) mass is 383 g/mol. The third kappa shape index (κ3) is 4.34. The molecule has 1 aliphatic heterocycles. The van der Waals surface area contributed by atoms with Gasteiger partial charge in [0.05, 0.1) is 12.8 Å². The molecule has 0 saturated carbocycles. The molecule has 1 aliphatic rings. The molecule has 0 atom stereocenters. The average molecular weight is 384 g/mol. The van der Waals surface area contributed by atoms with Crippen molar-refractivity contribution < 1.29 is 4.42 Å². The summed E-state index contributed by atoms with van der Waals surface area (Å²) in [6.45, 7) is 6.15. The second kappa shape index (κ2) is 7.88. The molecule has 2 aromatic heterocycles. The lowest BCUT2D eigenvalue weighted by atomic mass is 10.2. The molecule has 4 rings (SSSR count). The van der Waals surface area contributed by atoms with Crippen LogP contribution in [0.3, 0.4) is 0 Å². The van der Waals surface area contributed by atoms with Crippen LogP contribution in [0.2, 0.25) is 5.02 Å². The number of anilines is 3. The summed E-state index contributed by atoms with van der Waals surface area (Å²) in [7, 11) is 0. The number of aryl methyl sites for hydroxylation is 1. The zero-order valence-corrected chi connectivity index (χ0v) is 16.0. The van der Waals surface area contributed by atoms with Gasteiger partial charge in [-0.1, -0.05) is 17.7 Å². The Morgan fingerprint density at radius 2 is 1.85 bits per heavy atom. The molecule has 1 fully saturated rings. The fraction of sp³-hybridized carbons (Fsp3) is 0.300. The Hall–Kier alpha value is -2.73. The molecule has 3 heterocycles. The summed E-state index contributed by atoms with van der Waals surface area (Å²) in [6, 6.07) is 13.8. The number of hydrogen-bond donors (Lipinski definition) is 1. The van der Waals surface area contributed by atoms with Gasteiger partial charge in [-0.25, -0.2) is 4.98 Å². The second-order valence-electron chi connectivity index (χ2n) is 6.58. The van der Waals surface area contributed by atoms with Crippen LogP contribution in [0.1, 0.15) is 11.5 Å². The van der Waals surface area contributed by atoms with Crippen LogP contribution in [0, 0.1) is 6.92 Å². The predicted octanol–water partition coefficient (Wildman–Crippen LogP) is 3.97. The maximum absolute atomic E-state index is 6.12. The highest BCUT2D eigenvalue weighted by molar-refractivity contribution is 6.30. The summed E-state index contributed by atoms with van der Waals surface area (Å²) in [5, 5.41) is 4.08. The first-order valence-electron chi connectivity index (χ1n) is 9.05. The standard InChI is InChI=1S/C20H22ClN5O/c1-15-12-19(22-14-18-6-3-11-27-18)24-20(23-15)26-9-7-25(8-10-26)17-5-2-4-16(21)13-17/h2-6,11-13H,7-10,14H2,1H3,(H,22,23,24).